The van der Waals surface area contributed by atoms with E-state index < -0.39 is 10.1 Å². The van der Waals surface area contributed by atoms with Crippen molar-refractivity contribution in [2.45, 2.75) is 0 Å². The number of hydrogen-bond donors (Lipinski definition) is 3. The Labute approximate surface area is 58.7 Å². The van der Waals surface area contributed by atoms with Crippen molar-refractivity contribution < 1.29 is 28.2 Å². The third-order valence-corrected chi connectivity index (χ3v) is 0.506. The molecule has 0 aromatic rings. The zero-order valence-electron chi connectivity index (χ0n) is 5.39. The van der Waals surface area contributed by atoms with Gasteiger partial charge < -0.3 is 10.2 Å². The molecule has 0 aromatic heterocycles. The van der Waals surface area contributed by atoms with Crippen LogP contribution < -0.4 is 0 Å². The second kappa shape index (κ2) is 6.90. The molecule has 0 bridgehead atoms. The highest BCUT2D eigenvalue weighted by Gasteiger charge is 1.93. The number of aliphatic hydroxyl groups is 2. The molecule has 0 unspecified atom stereocenters. The molecule has 0 amide bonds. The fourth-order valence-electron chi connectivity index (χ4n) is 0. The van der Waals surface area contributed by atoms with Crippen molar-refractivity contribution >= 4 is 10.1 Å². The van der Waals surface area contributed by atoms with Crippen molar-refractivity contribution in [3.63, 3.8) is 0 Å². The van der Waals surface area contributed by atoms with E-state index in [1.165, 1.54) is 0 Å². The quantitative estimate of drug-likeness (QED) is 0.344. The molecule has 0 radical (unpaired) electrons. The zero-order chi connectivity index (χ0) is 8.62. The smallest absolute Gasteiger partial charge is 0.290 e. The molecule has 0 fully saturated rings. The summed E-state index contributed by atoms with van der Waals surface area (Å²) in [4.78, 5) is 0. The van der Waals surface area contributed by atoms with Crippen LogP contribution in [-0.2, 0) is 14.5 Å². The fraction of sp³-hybridized carbons (Fsp3) is 1.00. The zero-order valence-corrected chi connectivity index (χ0v) is 6.21. The van der Waals surface area contributed by atoms with Gasteiger partial charge in [0, 0.05) is 0 Å². The normalized spacial score (nSPS) is 10.0. The Morgan fingerprint density at radius 1 is 1.30 bits per heavy atom. The van der Waals surface area contributed by atoms with Gasteiger partial charge in [0.2, 0.25) is 0 Å². The summed E-state index contributed by atoms with van der Waals surface area (Å²) < 4.78 is 22.0. The van der Waals surface area contributed by atoms with Gasteiger partial charge in [-0.2, -0.15) is 8.42 Å². The van der Waals surface area contributed by atoms with E-state index in [-0.39, 0.29) is 13.2 Å². The van der Waals surface area contributed by atoms with Crippen LogP contribution in [0.5, 0.6) is 0 Å². The standard InChI is InChI=1S/C2H6O2.CH4O4S/c3-1-2-4;1-6(3,4)5-2/h3-4H,1-2H2;2H,1H3. The Balaban J connectivity index is 0. The van der Waals surface area contributed by atoms with E-state index >= 15 is 0 Å². The lowest BCUT2D eigenvalue weighted by molar-refractivity contribution is -0.129. The molecule has 0 heterocycles. The molecule has 10 heavy (non-hydrogen) atoms. The molecule has 0 aliphatic heterocycles. The first-order chi connectivity index (χ1) is 4.47. The SMILES string of the molecule is CS(=O)(=O)OO.OCCO. The Hall–Kier alpha value is -0.210. The lowest BCUT2D eigenvalue weighted by Crippen LogP contribution is -1.96. The molecule has 7 heteroatoms. The van der Waals surface area contributed by atoms with Gasteiger partial charge in [0.1, 0.15) is 0 Å². The first kappa shape index (κ1) is 12.5. The van der Waals surface area contributed by atoms with E-state index in [0.717, 1.165) is 6.26 Å². The van der Waals surface area contributed by atoms with E-state index in [0.29, 0.717) is 0 Å². The summed E-state index contributed by atoms with van der Waals surface area (Å²) in [6.45, 7) is -0.250. The van der Waals surface area contributed by atoms with E-state index in [4.69, 9.17) is 15.5 Å². The maximum Gasteiger partial charge on any atom is 0.290 e. The van der Waals surface area contributed by atoms with Crippen LogP contribution in [0.4, 0.5) is 0 Å². The van der Waals surface area contributed by atoms with Crippen LogP contribution in [0.3, 0.4) is 0 Å². The van der Waals surface area contributed by atoms with Gasteiger partial charge in [-0.05, 0) is 0 Å². The lowest BCUT2D eigenvalue weighted by atomic mass is 10.8. The van der Waals surface area contributed by atoms with E-state index in [1.807, 2.05) is 0 Å². The summed E-state index contributed by atoms with van der Waals surface area (Å²) in [6.07, 6.45) is 0.743. The summed E-state index contributed by atoms with van der Waals surface area (Å²) >= 11 is 0. The third kappa shape index (κ3) is 25.0. The van der Waals surface area contributed by atoms with Gasteiger partial charge in [-0.1, -0.05) is 0 Å². The summed E-state index contributed by atoms with van der Waals surface area (Å²) in [6, 6.07) is 0. The number of rotatable bonds is 2. The van der Waals surface area contributed by atoms with Crippen LogP contribution >= 0.6 is 0 Å². The molecule has 0 saturated carbocycles. The van der Waals surface area contributed by atoms with Crippen molar-refractivity contribution in [1.29, 1.82) is 0 Å². The highest BCUT2D eigenvalue weighted by atomic mass is 32.2. The van der Waals surface area contributed by atoms with Gasteiger partial charge >= 0.3 is 0 Å². The van der Waals surface area contributed by atoms with Gasteiger partial charge in [-0.3, -0.25) is 0 Å². The van der Waals surface area contributed by atoms with Gasteiger partial charge in [0.05, 0.1) is 19.5 Å². The van der Waals surface area contributed by atoms with Crippen LogP contribution in [0.25, 0.3) is 0 Å². The van der Waals surface area contributed by atoms with Gasteiger partial charge in [0.15, 0.2) is 0 Å². The monoisotopic (exact) mass is 174 g/mol. The van der Waals surface area contributed by atoms with Crippen LogP contribution in [0.1, 0.15) is 0 Å². The Morgan fingerprint density at radius 3 is 1.50 bits per heavy atom. The second-order valence-corrected chi connectivity index (χ2v) is 2.78. The van der Waals surface area contributed by atoms with Crippen molar-refractivity contribution in [3.8, 4) is 0 Å². The van der Waals surface area contributed by atoms with Crippen molar-refractivity contribution in [2.75, 3.05) is 19.5 Å². The molecular weight excluding hydrogens is 164 g/mol. The minimum Gasteiger partial charge on any atom is -0.394 e. The minimum atomic E-state index is -3.61. The Kier molecular flexibility index (Phi) is 8.61. The van der Waals surface area contributed by atoms with E-state index in [1.54, 1.807) is 0 Å². The van der Waals surface area contributed by atoms with Crippen LogP contribution in [0.15, 0.2) is 0 Å². The van der Waals surface area contributed by atoms with E-state index in [9.17, 15) is 8.42 Å². The molecule has 0 rings (SSSR count). The highest BCUT2D eigenvalue weighted by molar-refractivity contribution is 7.85. The minimum absolute atomic E-state index is 0.125. The summed E-state index contributed by atoms with van der Waals surface area (Å²) in [5, 5.41) is 22.6. The molecule has 64 valence electrons. The largest absolute Gasteiger partial charge is 0.394 e. The average Bonchev–Trinajstić information content (AvgIpc) is 1.87. The van der Waals surface area contributed by atoms with Crippen LogP contribution in [0.2, 0.25) is 0 Å². The molecule has 0 spiro atoms. The predicted octanol–water partition coefficient (Wildman–Crippen LogP) is -1.59. The van der Waals surface area contributed by atoms with Gasteiger partial charge in [0.25, 0.3) is 10.1 Å². The van der Waals surface area contributed by atoms with Gasteiger partial charge in [-0.25, -0.2) is 5.26 Å². The Morgan fingerprint density at radius 2 is 1.50 bits per heavy atom. The van der Waals surface area contributed by atoms with Crippen molar-refractivity contribution in [3.05, 3.63) is 0 Å². The second-order valence-electron chi connectivity index (χ2n) is 1.23. The lowest BCUT2D eigenvalue weighted by Gasteiger charge is -1.81. The average molecular weight is 174 g/mol. The first-order valence-electron chi connectivity index (χ1n) is 2.22. The van der Waals surface area contributed by atoms with Crippen molar-refractivity contribution in [2.24, 2.45) is 0 Å². The van der Waals surface area contributed by atoms with Gasteiger partial charge in [-0.15, -0.1) is 4.33 Å². The van der Waals surface area contributed by atoms with Crippen molar-refractivity contribution in [1.82, 2.24) is 0 Å². The molecular formula is C3H10O6S. The molecule has 0 aliphatic carbocycles. The fourth-order valence-corrected chi connectivity index (χ4v) is 0. The summed E-state index contributed by atoms with van der Waals surface area (Å²) in [5.74, 6) is 0. The summed E-state index contributed by atoms with van der Waals surface area (Å²) in [5.41, 5.74) is 0. The number of aliphatic hydroxyl groups excluding tert-OH is 2. The third-order valence-electron chi connectivity index (χ3n) is 0.235. The van der Waals surface area contributed by atoms with Crippen LogP contribution in [-0.4, -0.2) is 43.4 Å². The molecule has 0 saturated heterocycles. The van der Waals surface area contributed by atoms with Crippen LogP contribution in [0, 0.1) is 0 Å². The number of hydrogen-bond acceptors (Lipinski definition) is 6. The molecule has 0 aliphatic rings. The molecule has 3 N–H and O–H groups in total. The molecule has 0 aromatic carbocycles. The highest BCUT2D eigenvalue weighted by Crippen LogP contribution is 1.75. The Bertz CT molecular complexity index is 135. The first-order valence-corrected chi connectivity index (χ1v) is 4.04. The maximum absolute atomic E-state index is 9.53. The summed E-state index contributed by atoms with van der Waals surface area (Å²) in [7, 11) is -3.61. The van der Waals surface area contributed by atoms with E-state index in [2.05, 4.69) is 4.33 Å². The topological polar surface area (TPSA) is 104 Å². The molecule has 0 atom stereocenters. The predicted molar refractivity (Wildman–Crippen MR) is 32.7 cm³/mol. The maximum atomic E-state index is 9.53. The molecule has 6 nitrogen and oxygen atoms in total.